The van der Waals surface area contributed by atoms with E-state index >= 15 is 0 Å². The van der Waals surface area contributed by atoms with Gasteiger partial charge in [0.1, 0.15) is 5.82 Å². The fourth-order valence-electron chi connectivity index (χ4n) is 4.00. The molecule has 0 N–H and O–H groups in total. The Morgan fingerprint density at radius 2 is 1.52 bits per heavy atom. The zero-order valence-electron chi connectivity index (χ0n) is 18.8. The van der Waals surface area contributed by atoms with Crippen LogP contribution in [0.15, 0.2) is 66.7 Å². The summed E-state index contributed by atoms with van der Waals surface area (Å²) in [5, 5.41) is 0. The maximum atomic E-state index is 14.9. The van der Waals surface area contributed by atoms with Crippen molar-refractivity contribution in [1.82, 2.24) is 0 Å². The third-order valence-electron chi connectivity index (χ3n) is 6.00. The fraction of sp³-hybridized carbons (Fsp3) is 0.286. The summed E-state index contributed by atoms with van der Waals surface area (Å²) in [4.78, 5) is 0. The maximum Gasteiger partial charge on any atom is 0.186 e. The van der Waals surface area contributed by atoms with E-state index in [4.69, 9.17) is 9.47 Å². The van der Waals surface area contributed by atoms with Crippen molar-refractivity contribution in [2.45, 2.75) is 33.0 Å². The van der Waals surface area contributed by atoms with Gasteiger partial charge in [0.05, 0.1) is 13.2 Å². The van der Waals surface area contributed by atoms with E-state index in [9.17, 15) is 13.2 Å². The van der Waals surface area contributed by atoms with Crippen LogP contribution in [0.25, 0.3) is 22.3 Å². The molecule has 0 radical (unpaired) electrons. The normalized spacial score (nSPS) is 18.7. The lowest BCUT2D eigenvalue weighted by Gasteiger charge is -2.29. The molecule has 0 spiro atoms. The number of allylic oxidation sites excluding steroid dienone is 2. The molecule has 4 rings (SSSR count). The van der Waals surface area contributed by atoms with E-state index in [1.807, 2.05) is 19.1 Å². The molecule has 0 aliphatic carbocycles. The molecule has 0 bridgehead atoms. The summed E-state index contributed by atoms with van der Waals surface area (Å²) >= 11 is 0. The van der Waals surface area contributed by atoms with Gasteiger partial charge in [-0.2, -0.15) is 0 Å². The van der Waals surface area contributed by atoms with Crippen LogP contribution in [-0.2, 0) is 9.47 Å². The predicted octanol–water partition coefficient (Wildman–Crippen LogP) is 7.76. The molecule has 1 aliphatic heterocycles. The zero-order valence-corrected chi connectivity index (χ0v) is 18.8. The van der Waals surface area contributed by atoms with Crippen molar-refractivity contribution >= 4 is 0 Å². The highest BCUT2D eigenvalue weighted by atomic mass is 19.2. The highest BCUT2D eigenvalue weighted by Gasteiger charge is 2.25. The zero-order chi connectivity index (χ0) is 23.4. The van der Waals surface area contributed by atoms with Crippen LogP contribution in [0.2, 0.25) is 0 Å². The highest BCUT2D eigenvalue weighted by molar-refractivity contribution is 5.71. The summed E-state index contributed by atoms with van der Waals surface area (Å²) in [5.74, 6) is -1.80. The van der Waals surface area contributed by atoms with Crippen molar-refractivity contribution in [3.8, 4) is 22.3 Å². The lowest BCUT2D eigenvalue weighted by Crippen LogP contribution is -2.27. The van der Waals surface area contributed by atoms with Crippen molar-refractivity contribution in [2.24, 2.45) is 5.92 Å². The topological polar surface area (TPSA) is 18.5 Å². The molecule has 1 aliphatic rings. The van der Waals surface area contributed by atoms with Crippen molar-refractivity contribution in [1.29, 1.82) is 0 Å². The second kappa shape index (κ2) is 10.4. The molecule has 0 atom stereocenters. The number of aryl methyl sites for hydroxylation is 1. The summed E-state index contributed by atoms with van der Waals surface area (Å²) in [6, 6.07) is 15.0. The van der Waals surface area contributed by atoms with E-state index in [0.29, 0.717) is 35.8 Å². The Bertz CT molecular complexity index is 1130. The highest BCUT2D eigenvalue weighted by Crippen LogP contribution is 2.32. The summed E-state index contributed by atoms with van der Waals surface area (Å²) in [7, 11) is 0. The van der Waals surface area contributed by atoms with Crippen LogP contribution in [-0.4, -0.2) is 13.2 Å². The molecule has 1 saturated heterocycles. The van der Waals surface area contributed by atoms with Gasteiger partial charge >= 0.3 is 0 Å². The van der Waals surface area contributed by atoms with Crippen molar-refractivity contribution in [3.05, 3.63) is 95.3 Å². The molecule has 3 aromatic carbocycles. The Labute approximate surface area is 192 Å². The Morgan fingerprint density at radius 1 is 0.848 bits per heavy atom. The van der Waals surface area contributed by atoms with Crippen LogP contribution in [0.3, 0.4) is 0 Å². The molecule has 2 nitrogen and oxygen atoms in total. The minimum atomic E-state index is -0.866. The Kier molecular flexibility index (Phi) is 7.31. The molecule has 172 valence electrons. The van der Waals surface area contributed by atoms with Gasteiger partial charge in [0.15, 0.2) is 17.9 Å². The third-order valence-corrected chi connectivity index (χ3v) is 6.00. The van der Waals surface area contributed by atoms with Crippen LogP contribution in [0.5, 0.6) is 0 Å². The molecule has 0 aromatic heterocycles. The Hall–Kier alpha value is -2.89. The molecule has 1 heterocycles. The van der Waals surface area contributed by atoms with E-state index < -0.39 is 23.7 Å². The monoisotopic (exact) mass is 452 g/mol. The molecular formula is C28H27F3O2. The number of halogens is 3. The first-order valence-electron chi connectivity index (χ1n) is 11.2. The van der Waals surface area contributed by atoms with Crippen molar-refractivity contribution in [3.63, 3.8) is 0 Å². The number of benzene rings is 3. The lowest BCUT2D eigenvalue weighted by atomic mass is 9.98. The first-order chi connectivity index (χ1) is 16.0. The number of ether oxygens (including phenoxy) is 2. The van der Waals surface area contributed by atoms with E-state index in [0.717, 1.165) is 18.4 Å². The standard InChI is InChI=1S/C28H27F3O2/c1-3-4-5-6-19-16-32-28(33-17-19)24-14-12-22(15-25(24)29)20-8-10-21(11-9-20)23-13-7-18(2)26(30)27(23)31/h3-4,7-15,19,28H,5-6,16-17H2,1-2H3. The van der Waals surface area contributed by atoms with Crippen molar-refractivity contribution in [2.75, 3.05) is 13.2 Å². The quantitative estimate of drug-likeness (QED) is 0.356. The van der Waals surface area contributed by atoms with E-state index in [1.165, 1.54) is 13.0 Å². The average Bonchev–Trinajstić information content (AvgIpc) is 2.83. The molecule has 3 aromatic rings. The summed E-state index contributed by atoms with van der Waals surface area (Å²) in [6.45, 7) is 4.61. The average molecular weight is 453 g/mol. The van der Waals surface area contributed by atoms with E-state index in [-0.39, 0.29) is 11.1 Å². The maximum absolute atomic E-state index is 14.9. The van der Waals surface area contributed by atoms with E-state index in [2.05, 4.69) is 6.08 Å². The van der Waals surface area contributed by atoms with Gasteiger partial charge < -0.3 is 9.47 Å². The molecule has 33 heavy (non-hydrogen) atoms. The molecule has 1 fully saturated rings. The molecular weight excluding hydrogens is 425 g/mol. The van der Waals surface area contributed by atoms with Gasteiger partial charge in [-0.3, -0.25) is 0 Å². The lowest BCUT2D eigenvalue weighted by molar-refractivity contribution is -0.207. The van der Waals surface area contributed by atoms with Gasteiger partial charge in [0, 0.05) is 17.0 Å². The van der Waals surface area contributed by atoms with Gasteiger partial charge in [-0.15, -0.1) is 0 Å². The SMILES string of the molecule is CC=CCCC1COC(c2ccc(-c3ccc(-c4ccc(C)c(F)c4F)cc3)cc2F)OC1. The van der Waals surface area contributed by atoms with Crippen LogP contribution in [0, 0.1) is 30.3 Å². The first kappa shape index (κ1) is 23.3. The minimum Gasteiger partial charge on any atom is -0.348 e. The second-order valence-electron chi connectivity index (χ2n) is 8.38. The largest absolute Gasteiger partial charge is 0.348 e. The van der Waals surface area contributed by atoms with Crippen LogP contribution in [0.4, 0.5) is 13.2 Å². The number of rotatable bonds is 6. The van der Waals surface area contributed by atoms with Crippen LogP contribution < -0.4 is 0 Å². The smallest absolute Gasteiger partial charge is 0.186 e. The van der Waals surface area contributed by atoms with Crippen molar-refractivity contribution < 1.29 is 22.6 Å². The fourth-order valence-corrected chi connectivity index (χ4v) is 4.00. The third kappa shape index (κ3) is 5.21. The Balaban J connectivity index is 1.46. The molecule has 5 heteroatoms. The van der Waals surface area contributed by atoms with Gasteiger partial charge in [-0.05, 0) is 55.0 Å². The number of hydrogen-bond donors (Lipinski definition) is 0. The van der Waals surface area contributed by atoms with Crippen LogP contribution in [0.1, 0.15) is 37.2 Å². The number of hydrogen-bond acceptors (Lipinski definition) is 2. The molecule has 0 unspecified atom stereocenters. The second-order valence-corrected chi connectivity index (χ2v) is 8.38. The van der Waals surface area contributed by atoms with E-state index in [1.54, 1.807) is 42.5 Å². The summed E-state index contributed by atoms with van der Waals surface area (Å²) < 4.78 is 54.6. The van der Waals surface area contributed by atoms with Gasteiger partial charge in [0.25, 0.3) is 0 Å². The molecule has 0 saturated carbocycles. The minimum absolute atomic E-state index is 0.196. The Morgan fingerprint density at radius 3 is 2.18 bits per heavy atom. The van der Waals surface area contributed by atoms with Gasteiger partial charge in [0.2, 0.25) is 0 Å². The van der Waals surface area contributed by atoms with Gasteiger partial charge in [-0.25, -0.2) is 13.2 Å². The summed E-state index contributed by atoms with van der Waals surface area (Å²) in [5.41, 5.74) is 2.84. The van der Waals surface area contributed by atoms with Crippen LogP contribution >= 0.6 is 0 Å². The van der Waals surface area contributed by atoms with Gasteiger partial charge in [-0.1, -0.05) is 60.7 Å². The molecule has 0 amide bonds. The first-order valence-corrected chi connectivity index (χ1v) is 11.2. The summed E-state index contributed by atoms with van der Waals surface area (Å²) in [6.07, 6.45) is 5.39. The predicted molar refractivity (Wildman–Crippen MR) is 124 cm³/mol.